The Morgan fingerprint density at radius 3 is 2.64 bits per heavy atom. The smallest absolute Gasteiger partial charge is 0.227 e. The average molecular weight is 321 g/mol. The highest BCUT2D eigenvalue weighted by molar-refractivity contribution is 6.72. The van der Waals surface area contributed by atoms with Gasteiger partial charge in [0.15, 0.2) is 8.32 Å². The molecule has 22 heavy (non-hydrogen) atoms. The summed E-state index contributed by atoms with van der Waals surface area (Å²) in [4.78, 5) is 24.2. The van der Waals surface area contributed by atoms with E-state index in [-0.39, 0.29) is 22.7 Å². The lowest BCUT2D eigenvalue weighted by Crippen LogP contribution is -2.40. The number of carbonyl (C=O) groups is 1. The van der Waals surface area contributed by atoms with Crippen LogP contribution in [0.25, 0.3) is 0 Å². The zero-order valence-corrected chi connectivity index (χ0v) is 15.1. The Hall–Kier alpha value is -1.14. The van der Waals surface area contributed by atoms with Gasteiger partial charge in [0.25, 0.3) is 0 Å². The molecule has 0 aromatic heterocycles. The molecule has 1 aromatic rings. The minimum Gasteiger partial charge on any atom is -0.432 e. The van der Waals surface area contributed by atoms with E-state index in [1.807, 2.05) is 27.0 Å². The number of nitrogens with zero attached hydrogens (tertiary/aromatic N) is 1. The molecule has 0 bridgehead atoms. The summed E-state index contributed by atoms with van der Waals surface area (Å²) in [5, 5.41) is -0.167. The van der Waals surface area contributed by atoms with Gasteiger partial charge >= 0.3 is 0 Å². The van der Waals surface area contributed by atoms with Crippen molar-refractivity contribution in [3.63, 3.8) is 0 Å². The van der Waals surface area contributed by atoms with Crippen molar-refractivity contribution < 1.29 is 14.0 Å². The van der Waals surface area contributed by atoms with Crippen molar-refractivity contribution in [3.8, 4) is 0 Å². The number of benzene rings is 1. The highest BCUT2D eigenvalue weighted by Crippen LogP contribution is 2.44. The van der Waals surface area contributed by atoms with Crippen molar-refractivity contribution in [1.82, 2.24) is 0 Å². The van der Waals surface area contributed by atoms with Gasteiger partial charge in [0.2, 0.25) is 5.91 Å². The van der Waals surface area contributed by atoms with Crippen LogP contribution in [0, 0.1) is 11.7 Å². The molecule has 1 aliphatic heterocycles. The van der Waals surface area contributed by atoms with Crippen LogP contribution in [-0.2, 0) is 4.79 Å². The summed E-state index contributed by atoms with van der Waals surface area (Å²) in [6, 6.07) is 4.97. The molecule has 0 saturated carbocycles. The molecule has 1 amide bonds. The van der Waals surface area contributed by atoms with E-state index in [4.69, 9.17) is 0 Å². The number of rotatable bonds is 4. The molecule has 1 aromatic carbocycles. The predicted molar refractivity (Wildman–Crippen MR) is 93.4 cm³/mol. The molecule has 1 N–H and O–H groups in total. The first kappa shape index (κ1) is 17.2. The highest BCUT2D eigenvalue weighted by atomic mass is 28.4. The molecule has 1 atom stereocenters. The standard InChI is InChI=1S/C16H25BFNO2Si/c1-16(2,22(3,4)21)9-11-7-15(20)19(10-11)14-6-5-12(17)8-13(14)18/h5-6,8,11,21H,7,9-10,17H2,1-4H3/t11-/m1/s1. The molecular formula is C16H25BFNO2Si. The molecule has 0 unspecified atom stereocenters. The van der Waals surface area contributed by atoms with E-state index in [2.05, 4.69) is 13.8 Å². The van der Waals surface area contributed by atoms with Crippen LogP contribution in [0.4, 0.5) is 10.1 Å². The number of amides is 1. The molecule has 6 heteroatoms. The fraction of sp³-hybridized carbons (Fsp3) is 0.562. The summed E-state index contributed by atoms with van der Waals surface area (Å²) in [7, 11) is -0.467. The summed E-state index contributed by atoms with van der Waals surface area (Å²) >= 11 is 0. The second kappa shape index (κ2) is 5.81. The van der Waals surface area contributed by atoms with Crippen LogP contribution in [0.2, 0.25) is 18.1 Å². The normalized spacial score (nSPS) is 19.8. The van der Waals surface area contributed by atoms with E-state index in [1.54, 1.807) is 11.0 Å². The first-order valence-electron chi connectivity index (χ1n) is 7.80. The molecule has 3 nitrogen and oxygen atoms in total. The van der Waals surface area contributed by atoms with Gasteiger partial charge in [0.1, 0.15) is 13.7 Å². The lowest BCUT2D eigenvalue weighted by molar-refractivity contribution is -0.117. The van der Waals surface area contributed by atoms with Gasteiger partial charge in [-0.2, -0.15) is 0 Å². The third kappa shape index (κ3) is 3.43. The Labute approximate surface area is 134 Å². The number of hydrogen-bond donors (Lipinski definition) is 1. The molecule has 1 saturated heterocycles. The first-order valence-corrected chi connectivity index (χ1v) is 10.7. The van der Waals surface area contributed by atoms with E-state index in [0.717, 1.165) is 11.9 Å². The Morgan fingerprint density at radius 1 is 1.45 bits per heavy atom. The molecule has 120 valence electrons. The first-order chi connectivity index (χ1) is 10.0. The van der Waals surface area contributed by atoms with Crippen LogP contribution in [0.3, 0.4) is 0 Å². The van der Waals surface area contributed by atoms with Crippen LogP contribution in [0.5, 0.6) is 0 Å². The quantitative estimate of drug-likeness (QED) is 0.859. The van der Waals surface area contributed by atoms with E-state index in [0.29, 0.717) is 18.7 Å². The van der Waals surface area contributed by atoms with Gasteiger partial charge in [-0.1, -0.05) is 25.4 Å². The van der Waals surface area contributed by atoms with Crippen molar-refractivity contribution in [3.05, 3.63) is 24.0 Å². The van der Waals surface area contributed by atoms with Crippen molar-refractivity contribution in [2.45, 2.75) is 44.8 Å². The van der Waals surface area contributed by atoms with Crippen LogP contribution in [-0.4, -0.2) is 33.4 Å². The maximum atomic E-state index is 14.1. The summed E-state index contributed by atoms with van der Waals surface area (Å²) in [6.07, 6.45) is 1.22. The molecule has 1 fully saturated rings. The van der Waals surface area contributed by atoms with Gasteiger partial charge < -0.3 is 9.70 Å². The number of hydrogen-bond acceptors (Lipinski definition) is 2. The summed E-state index contributed by atoms with van der Waals surface area (Å²) in [5.41, 5.74) is 1.22. The van der Waals surface area contributed by atoms with Crippen LogP contribution in [0.15, 0.2) is 18.2 Å². The zero-order chi connectivity index (χ0) is 16.7. The molecule has 0 spiro atoms. The molecular weight excluding hydrogens is 296 g/mol. The Morgan fingerprint density at radius 2 is 2.09 bits per heavy atom. The fourth-order valence-electron chi connectivity index (χ4n) is 2.95. The van der Waals surface area contributed by atoms with Gasteiger partial charge in [-0.05, 0) is 42.6 Å². The molecule has 1 heterocycles. The predicted octanol–water partition coefficient (Wildman–Crippen LogP) is 1.80. The van der Waals surface area contributed by atoms with E-state index in [1.165, 1.54) is 6.07 Å². The van der Waals surface area contributed by atoms with Crippen LogP contribution >= 0.6 is 0 Å². The summed E-state index contributed by atoms with van der Waals surface area (Å²) < 4.78 is 14.1. The van der Waals surface area contributed by atoms with Crippen LogP contribution in [0.1, 0.15) is 26.7 Å². The van der Waals surface area contributed by atoms with Crippen LogP contribution < -0.4 is 10.4 Å². The summed E-state index contributed by atoms with van der Waals surface area (Å²) in [5.74, 6) is -0.201. The van der Waals surface area contributed by atoms with E-state index in [9.17, 15) is 14.0 Å². The number of carbonyl (C=O) groups excluding carboxylic acids is 1. The molecule has 0 aliphatic carbocycles. The summed E-state index contributed by atoms with van der Waals surface area (Å²) in [6.45, 7) is 8.53. The van der Waals surface area contributed by atoms with Crippen molar-refractivity contribution in [2.75, 3.05) is 11.4 Å². The number of halogens is 1. The van der Waals surface area contributed by atoms with Gasteiger partial charge in [-0.25, -0.2) is 4.39 Å². The van der Waals surface area contributed by atoms with E-state index < -0.39 is 8.32 Å². The Bertz CT molecular complexity index is 586. The zero-order valence-electron chi connectivity index (χ0n) is 14.1. The topological polar surface area (TPSA) is 40.5 Å². The SMILES string of the molecule is Bc1ccc(N2C[C@@H](CC(C)(C)[Si](C)(C)O)CC2=O)c(F)c1. The largest absolute Gasteiger partial charge is 0.432 e. The third-order valence-corrected chi connectivity index (χ3v) is 8.57. The highest BCUT2D eigenvalue weighted by Gasteiger charge is 2.42. The maximum absolute atomic E-state index is 14.1. The second-order valence-electron chi connectivity index (χ2n) is 7.68. The van der Waals surface area contributed by atoms with Gasteiger partial charge in [-0.15, -0.1) is 0 Å². The Kier molecular flexibility index (Phi) is 4.55. The van der Waals surface area contributed by atoms with Crippen molar-refractivity contribution in [2.24, 2.45) is 5.92 Å². The lowest BCUT2D eigenvalue weighted by atomic mass is 9.95. The molecule has 0 radical (unpaired) electrons. The Balaban J connectivity index is 2.15. The molecule has 2 rings (SSSR count). The van der Waals surface area contributed by atoms with Crippen molar-refractivity contribution >= 4 is 33.2 Å². The second-order valence-corrected chi connectivity index (χ2v) is 12.1. The number of anilines is 1. The minimum absolute atomic E-state index is 0.0269. The monoisotopic (exact) mass is 321 g/mol. The molecule has 1 aliphatic rings. The van der Waals surface area contributed by atoms with Gasteiger partial charge in [-0.3, -0.25) is 4.79 Å². The maximum Gasteiger partial charge on any atom is 0.227 e. The lowest BCUT2D eigenvalue weighted by Gasteiger charge is -2.36. The van der Waals surface area contributed by atoms with Gasteiger partial charge in [0, 0.05) is 13.0 Å². The minimum atomic E-state index is -2.30. The average Bonchev–Trinajstić information content (AvgIpc) is 2.67. The fourth-order valence-corrected chi connectivity index (χ4v) is 3.74. The van der Waals surface area contributed by atoms with E-state index >= 15 is 0 Å². The van der Waals surface area contributed by atoms with Crippen molar-refractivity contribution in [1.29, 1.82) is 0 Å². The third-order valence-electron chi connectivity index (χ3n) is 5.05. The van der Waals surface area contributed by atoms with Gasteiger partial charge in [0.05, 0.1) is 5.69 Å².